The number of aromatic nitrogens is 2. The Morgan fingerprint density at radius 3 is 2.21 bits per heavy atom. The van der Waals surface area contributed by atoms with Crippen molar-refractivity contribution in [3.8, 4) is 11.4 Å². The Hall–Kier alpha value is -3.09. The summed E-state index contributed by atoms with van der Waals surface area (Å²) >= 11 is 0. The van der Waals surface area contributed by atoms with Crippen LogP contribution in [-0.4, -0.2) is 58.9 Å². The largest absolute Gasteiger partial charge is 0.379 e. The molecule has 1 saturated heterocycles. The first kappa shape index (κ1) is 18.0. The lowest BCUT2D eigenvalue weighted by Crippen LogP contribution is -2.38. The van der Waals surface area contributed by atoms with Crippen molar-refractivity contribution in [3.05, 3.63) is 77.1 Å². The molecule has 1 aliphatic heterocycles. The molecule has 2 aromatic carbocycles. The minimum atomic E-state index is -0.183. The van der Waals surface area contributed by atoms with Gasteiger partial charge in [0.2, 0.25) is 11.6 Å². The van der Waals surface area contributed by atoms with E-state index >= 15 is 0 Å². The van der Waals surface area contributed by atoms with E-state index in [4.69, 9.17) is 4.74 Å². The summed E-state index contributed by atoms with van der Waals surface area (Å²) in [4.78, 5) is 33.4. The van der Waals surface area contributed by atoms with E-state index in [1.54, 1.807) is 24.3 Å². The topological polar surface area (TPSA) is 64.4 Å². The minimum absolute atomic E-state index is 0.133. The van der Waals surface area contributed by atoms with Crippen LogP contribution in [-0.2, 0) is 11.3 Å². The van der Waals surface area contributed by atoms with Crippen molar-refractivity contribution in [1.82, 2.24) is 14.5 Å². The lowest BCUT2D eigenvalue weighted by atomic mass is 9.90. The molecule has 0 amide bonds. The van der Waals surface area contributed by atoms with E-state index in [0.29, 0.717) is 29.2 Å². The Labute approximate surface area is 168 Å². The summed E-state index contributed by atoms with van der Waals surface area (Å²) < 4.78 is 7.36. The van der Waals surface area contributed by atoms with Gasteiger partial charge in [-0.05, 0) is 0 Å². The molecule has 3 aromatic rings. The normalized spacial score (nSPS) is 16.6. The first-order valence-electron chi connectivity index (χ1n) is 9.88. The van der Waals surface area contributed by atoms with Crippen molar-refractivity contribution in [2.24, 2.45) is 0 Å². The molecule has 2 heterocycles. The second-order valence-electron chi connectivity index (χ2n) is 7.31. The van der Waals surface area contributed by atoms with E-state index in [0.717, 1.165) is 38.4 Å². The van der Waals surface area contributed by atoms with Gasteiger partial charge in [-0.1, -0.05) is 54.6 Å². The van der Waals surface area contributed by atoms with Gasteiger partial charge in [-0.15, -0.1) is 0 Å². The molecule has 0 N–H and O–H groups in total. The van der Waals surface area contributed by atoms with Gasteiger partial charge >= 0.3 is 0 Å². The zero-order valence-electron chi connectivity index (χ0n) is 16.0. The first-order chi connectivity index (χ1) is 14.2. The summed E-state index contributed by atoms with van der Waals surface area (Å²) in [6.45, 7) is 4.54. The van der Waals surface area contributed by atoms with E-state index in [-0.39, 0.29) is 17.3 Å². The molecule has 29 heavy (non-hydrogen) atoms. The maximum absolute atomic E-state index is 13.3. The monoisotopic (exact) mass is 387 g/mol. The average molecular weight is 387 g/mol. The molecule has 1 aliphatic carbocycles. The number of rotatable bonds is 4. The number of hydrogen-bond donors (Lipinski definition) is 0. The molecule has 146 valence electrons. The highest BCUT2D eigenvalue weighted by molar-refractivity contribution is 6.27. The van der Waals surface area contributed by atoms with Crippen molar-refractivity contribution >= 4 is 11.6 Å². The summed E-state index contributed by atoms with van der Waals surface area (Å²) in [6.07, 6.45) is 0. The van der Waals surface area contributed by atoms with Gasteiger partial charge in [0.25, 0.3) is 0 Å². The van der Waals surface area contributed by atoms with Gasteiger partial charge in [-0.2, -0.15) is 0 Å². The number of imidazole rings is 1. The van der Waals surface area contributed by atoms with E-state index < -0.39 is 0 Å². The number of carbonyl (C=O) groups is 2. The SMILES string of the molecule is O=C1c2ccccc2C(=O)c2c1nc(-c1ccccc1)n2CCN1CCOCC1. The van der Waals surface area contributed by atoms with Gasteiger partial charge < -0.3 is 9.30 Å². The molecule has 6 heteroatoms. The lowest BCUT2D eigenvalue weighted by molar-refractivity contribution is 0.0363. The fraction of sp³-hybridized carbons (Fsp3) is 0.261. The van der Waals surface area contributed by atoms with Crippen LogP contribution in [0.15, 0.2) is 54.6 Å². The number of nitrogens with zero attached hydrogens (tertiary/aromatic N) is 3. The summed E-state index contributed by atoms with van der Waals surface area (Å²) in [5.74, 6) is 0.350. The van der Waals surface area contributed by atoms with Crippen LogP contribution >= 0.6 is 0 Å². The van der Waals surface area contributed by atoms with Gasteiger partial charge in [-0.25, -0.2) is 4.98 Å². The number of benzene rings is 2. The second-order valence-corrected chi connectivity index (χ2v) is 7.31. The van der Waals surface area contributed by atoms with E-state index in [1.165, 1.54) is 0 Å². The molecule has 2 aliphatic rings. The number of morpholine rings is 1. The molecule has 0 atom stereocenters. The van der Waals surface area contributed by atoms with Crippen molar-refractivity contribution in [3.63, 3.8) is 0 Å². The maximum atomic E-state index is 13.3. The third kappa shape index (κ3) is 3.10. The molecule has 0 bridgehead atoms. The van der Waals surface area contributed by atoms with Crippen molar-refractivity contribution in [2.75, 3.05) is 32.8 Å². The molecular weight excluding hydrogens is 366 g/mol. The van der Waals surface area contributed by atoms with Crippen LogP contribution in [0.3, 0.4) is 0 Å². The van der Waals surface area contributed by atoms with Crippen molar-refractivity contribution in [2.45, 2.75) is 6.54 Å². The second kappa shape index (κ2) is 7.39. The molecule has 0 saturated carbocycles. The van der Waals surface area contributed by atoms with Crippen LogP contribution in [0.4, 0.5) is 0 Å². The van der Waals surface area contributed by atoms with Crippen LogP contribution in [0.1, 0.15) is 32.1 Å². The molecule has 1 aromatic heterocycles. The number of ketones is 2. The number of ether oxygens (including phenoxy) is 1. The Balaban J connectivity index is 1.61. The summed E-state index contributed by atoms with van der Waals surface area (Å²) in [7, 11) is 0. The lowest BCUT2D eigenvalue weighted by Gasteiger charge is -2.27. The van der Waals surface area contributed by atoms with E-state index in [1.807, 2.05) is 34.9 Å². The number of fused-ring (bicyclic) bond motifs is 2. The Kier molecular flexibility index (Phi) is 4.58. The van der Waals surface area contributed by atoms with Crippen LogP contribution in [0.5, 0.6) is 0 Å². The van der Waals surface area contributed by atoms with Gasteiger partial charge in [0.05, 0.1) is 13.2 Å². The van der Waals surface area contributed by atoms with Crippen LogP contribution in [0, 0.1) is 0 Å². The Bertz CT molecular complexity index is 1080. The quantitative estimate of drug-likeness (QED) is 0.539. The molecular formula is C23H21N3O3. The third-order valence-electron chi connectivity index (χ3n) is 5.59. The summed E-state index contributed by atoms with van der Waals surface area (Å²) in [5.41, 5.74) is 2.45. The highest BCUT2D eigenvalue weighted by Crippen LogP contribution is 2.31. The Morgan fingerprint density at radius 1 is 0.828 bits per heavy atom. The third-order valence-corrected chi connectivity index (χ3v) is 5.59. The highest BCUT2D eigenvalue weighted by Gasteiger charge is 2.35. The summed E-state index contributed by atoms with van der Waals surface area (Å²) in [6, 6.07) is 16.7. The molecule has 0 unspecified atom stereocenters. The predicted octanol–water partition coefficient (Wildman–Crippen LogP) is 2.66. The van der Waals surface area contributed by atoms with Crippen molar-refractivity contribution in [1.29, 1.82) is 0 Å². The maximum Gasteiger partial charge on any atom is 0.214 e. The van der Waals surface area contributed by atoms with Crippen LogP contribution < -0.4 is 0 Å². The molecule has 5 rings (SSSR count). The van der Waals surface area contributed by atoms with Gasteiger partial charge in [0.1, 0.15) is 17.2 Å². The molecule has 0 radical (unpaired) electrons. The zero-order chi connectivity index (χ0) is 19.8. The summed E-state index contributed by atoms with van der Waals surface area (Å²) in [5, 5.41) is 0. The number of hydrogen-bond acceptors (Lipinski definition) is 5. The van der Waals surface area contributed by atoms with Crippen molar-refractivity contribution < 1.29 is 14.3 Å². The van der Waals surface area contributed by atoms with Gasteiger partial charge in [0, 0.05) is 42.9 Å². The minimum Gasteiger partial charge on any atom is -0.379 e. The van der Waals surface area contributed by atoms with Gasteiger partial charge in [0.15, 0.2) is 0 Å². The smallest absolute Gasteiger partial charge is 0.214 e. The zero-order valence-corrected chi connectivity index (χ0v) is 16.0. The molecule has 6 nitrogen and oxygen atoms in total. The van der Waals surface area contributed by atoms with E-state index in [2.05, 4.69) is 9.88 Å². The fourth-order valence-electron chi connectivity index (χ4n) is 4.07. The van der Waals surface area contributed by atoms with E-state index in [9.17, 15) is 9.59 Å². The predicted molar refractivity (Wildman–Crippen MR) is 108 cm³/mol. The standard InChI is InChI=1S/C23H21N3O3/c27-21-17-8-4-5-9-18(17)22(28)20-19(21)24-23(16-6-2-1-3-7-16)26(20)11-10-25-12-14-29-15-13-25/h1-9H,10-15H2. The van der Waals surface area contributed by atoms with Gasteiger partial charge in [-0.3, -0.25) is 14.5 Å². The number of carbonyl (C=O) groups excluding carboxylic acids is 2. The Morgan fingerprint density at radius 2 is 1.48 bits per heavy atom. The average Bonchev–Trinajstić information content (AvgIpc) is 3.17. The molecule has 0 spiro atoms. The molecule has 1 fully saturated rings. The van der Waals surface area contributed by atoms with Crippen LogP contribution in [0.2, 0.25) is 0 Å². The van der Waals surface area contributed by atoms with Crippen LogP contribution in [0.25, 0.3) is 11.4 Å². The highest BCUT2D eigenvalue weighted by atomic mass is 16.5. The first-order valence-corrected chi connectivity index (χ1v) is 9.88. The fourth-order valence-corrected chi connectivity index (χ4v) is 4.07.